The van der Waals surface area contributed by atoms with E-state index in [1.54, 1.807) is 0 Å². The monoisotopic (exact) mass is 281 g/mol. The van der Waals surface area contributed by atoms with E-state index in [1.165, 1.54) is 0 Å². The summed E-state index contributed by atoms with van der Waals surface area (Å²) in [6, 6.07) is 4.21. The Balaban J connectivity index is 2.31. The van der Waals surface area contributed by atoms with Crippen LogP contribution >= 0.6 is 0 Å². The minimum absolute atomic E-state index is 0.104. The van der Waals surface area contributed by atoms with Gasteiger partial charge in [0.05, 0.1) is 5.56 Å². The Labute approximate surface area is 102 Å². The Hall–Kier alpha value is -1.99. The van der Waals surface area contributed by atoms with Gasteiger partial charge >= 0.3 is 12.4 Å². The van der Waals surface area contributed by atoms with Crippen LogP contribution in [0.25, 0.3) is 11.3 Å². The molecule has 0 saturated carbocycles. The van der Waals surface area contributed by atoms with Crippen LogP contribution in [0, 0.1) is 0 Å². The zero-order valence-electron chi connectivity index (χ0n) is 9.01. The van der Waals surface area contributed by atoms with Crippen molar-refractivity contribution >= 4 is 0 Å². The average Bonchev–Trinajstić information content (AvgIpc) is 2.77. The number of benzene rings is 1. The number of alkyl halides is 6. The summed E-state index contributed by atoms with van der Waals surface area (Å²) >= 11 is 0. The van der Waals surface area contributed by atoms with Gasteiger partial charge < -0.3 is 4.52 Å². The third-order valence-corrected chi connectivity index (χ3v) is 2.30. The summed E-state index contributed by atoms with van der Waals surface area (Å²) in [6.45, 7) is 0. The maximum atomic E-state index is 12.3. The summed E-state index contributed by atoms with van der Waals surface area (Å²) in [7, 11) is 0. The van der Waals surface area contributed by atoms with Gasteiger partial charge in [-0.25, -0.2) is 0 Å². The van der Waals surface area contributed by atoms with Crippen LogP contribution in [0.4, 0.5) is 26.3 Å². The zero-order chi connectivity index (χ0) is 14.3. The van der Waals surface area contributed by atoms with Gasteiger partial charge in [0, 0.05) is 11.6 Å². The molecule has 0 N–H and O–H groups in total. The van der Waals surface area contributed by atoms with Crippen molar-refractivity contribution in [1.82, 2.24) is 5.16 Å². The molecule has 8 heteroatoms. The van der Waals surface area contributed by atoms with Crippen LogP contribution < -0.4 is 0 Å². The second kappa shape index (κ2) is 4.29. The number of rotatable bonds is 1. The Morgan fingerprint density at radius 1 is 0.842 bits per heavy atom. The lowest BCUT2D eigenvalue weighted by molar-refractivity contribution is -0.155. The van der Waals surface area contributed by atoms with E-state index in [0.29, 0.717) is 6.07 Å². The van der Waals surface area contributed by atoms with Crippen LogP contribution in [0.2, 0.25) is 0 Å². The van der Waals surface area contributed by atoms with Crippen molar-refractivity contribution in [3.63, 3.8) is 0 Å². The molecule has 2 nitrogen and oxygen atoms in total. The molecule has 2 aromatic rings. The Morgan fingerprint density at radius 2 is 1.42 bits per heavy atom. The molecule has 1 aromatic heterocycles. The molecule has 0 aliphatic heterocycles. The van der Waals surface area contributed by atoms with Crippen LogP contribution in [0.5, 0.6) is 0 Å². The van der Waals surface area contributed by atoms with Crippen molar-refractivity contribution < 1.29 is 30.9 Å². The molecule has 0 radical (unpaired) electrons. The summed E-state index contributed by atoms with van der Waals surface area (Å²) < 4.78 is 77.7. The van der Waals surface area contributed by atoms with Crippen LogP contribution in [0.1, 0.15) is 11.3 Å². The zero-order valence-corrected chi connectivity index (χ0v) is 9.01. The predicted octanol–water partition coefficient (Wildman–Crippen LogP) is 4.38. The molecule has 102 valence electrons. The van der Waals surface area contributed by atoms with Crippen LogP contribution in [-0.4, -0.2) is 5.16 Å². The summed E-state index contributed by atoms with van der Waals surface area (Å²) in [5.74, 6) is -1.30. The molecule has 0 fully saturated rings. The molecule has 1 heterocycles. The van der Waals surface area contributed by atoms with Gasteiger partial charge in [-0.3, -0.25) is 0 Å². The third kappa shape index (κ3) is 2.88. The van der Waals surface area contributed by atoms with Gasteiger partial charge in [0.25, 0.3) is 0 Å². The molecule has 0 atom stereocenters. The Bertz CT molecular complexity index is 566. The topological polar surface area (TPSA) is 26.0 Å². The second-order valence-corrected chi connectivity index (χ2v) is 3.65. The average molecular weight is 281 g/mol. The molecule has 1 aromatic carbocycles. The van der Waals surface area contributed by atoms with Gasteiger partial charge in [-0.1, -0.05) is 17.3 Å². The lowest BCUT2D eigenvalue weighted by Crippen LogP contribution is -2.04. The first-order valence-electron chi connectivity index (χ1n) is 4.89. The van der Waals surface area contributed by atoms with E-state index in [1.807, 2.05) is 0 Å². The van der Waals surface area contributed by atoms with Crippen LogP contribution in [0.15, 0.2) is 34.9 Å². The fourth-order valence-electron chi connectivity index (χ4n) is 1.37. The van der Waals surface area contributed by atoms with E-state index in [0.717, 1.165) is 24.3 Å². The van der Waals surface area contributed by atoms with E-state index in [4.69, 9.17) is 0 Å². The van der Waals surface area contributed by atoms with E-state index in [2.05, 4.69) is 9.68 Å². The fraction of sp³-hybridized carbons (Fsp3) is 0.182. The SMILES string of the molecule is FC(F)(F)c1ccc(-c2cc(C(F)(F)F)on2)cc1. The predicted molar refractivity (Wildman–Crippen MR) is 51.9 cm³/mol. The van der Waals surface area contributed by atoms with Crippen molar-refractivity contribution in [2.75, 3.05) is 0 Å². The van der Waals surface area contributed by atoms with Crippen molar-refractivity contribution in [3.8, 4) is 11.3 Å². The highest BCUT2D eigenvalue weighted by Crippen LogP contribution is 2.33. The Kier molecular flexibility index (Phi) is 3.03. The van der Waals surface area contributed by atoms with Crippen LogP contribution in [0.3, 0.4) is 0 Å². The minimum atomic E-state index is -4.68. The quantitative estimate of drug-likeness (QED) is 0.725. The van der Waals surface area contributed by atoms with E-state index in [9.17, 15) is 26.3 Å². The molecule has 0 saturated heterocycles. The van der Waals surface area contributed by atoms with Crippen molar-refractivity contribution in [2.45, 2.75) is 12.4 Å². The number of aromatic nitrogens is 1. The molecule has 0 amide bonds. The first-order chi connectivity index (χ1) is 8.68. The highest BCUT2D eigenvalue weighted by Gasteiger charge is 2.36. The van der Waals surface area contributed by atoms with Crippen molar-refractivity contribution in [3.05, 3.63) is 41.7 Å². The molecular formula is C11H5F6NO. The minimum Gasteiger partial charge on any atom is -0.351 e. The number of hydrogen-bond donors (Lipinski definition) is 0. The Morgan fingerprint density at radius 3 is 1.84 bits per heavy atom. The molecule has 0 aliphatic carbocycles. The van der Waals surface area contributed by atoms with Gasteiger partial charge in [0.1, 0.15) is 5.69 Å². The lowest BCUT2D eigenvalue weighted by atomic mass is 10.1. The maximum absolute atomic E-state index is 12.3. The van der Waals surface area contributed by atoms with Gasteiger partial charge in [-0.05, 0) is 12.1 Å². The standard InChI is InChI=1S/C11H5F6NO/c12-10(13,14)7-3-1-6(2-4-7)8-5-9(19-18-8)11(15,16)17/h1-5H. The first kappa shape index (κ1) is 13.4. The van der Waals surface area contributed by atoms with Crippen molar-refractivity contribution in [2.24, 2.45) is 0 Å². The van der Waals surface area contributed by atoms with Crippen LogP contribution in [-0.2, 0) is 12.4 Å². The summed E-state index contributed by atoms with van der Waals surface area (Å²) in [4.78, 5) is 0. The largest absolute Gasteiger partial charge is 0.452 e. The van der Waals surface area contributed by atoms with E-state index in [-0.39, 0.29) is 11.3 Å². The number of hydrogen-bond acceptors (Lipinski definition) is 2. The molecular weight excluding hydrogens is 276 g/mol. The normalized spacial score (nSPS) is 12.7. The second-order valence-electron chi connectivity index (χ2n) is 3.65. The highest BCUT2D eigenvalue weighted by atomic mass is 19.4. The van der Waals surface area contributed by atoms with Crippen molar-refractivity contribution in [1.29, 1.82) is 0 Å². The molecule has 0 aliphatic rings. The summed E-state index contributed by atoms with van der Waals surface area (Å²) in [6.07, 6.45) is -9.18. The first-order valence-corrected chi connectivity index (χ1v) is 4.89. The van der Waals surface area contributed by atoms with Gasteiger partial charge in [0.15, 0.2) is 0 Å². The maximum Gasteiger partial charge on any atom is 0.452 e. The lowest BCUT2D eigenvalue weighted by Gasteiger charge is -2.06. The van der Waals surface area contributed by atoms with Gasteiger partial charge in [0.2, 0.25) is 5.76 Å². The van der Waals surface area contributed by atoms with Gasteiger partial charge in [-0.2, -0.15) is 26.3 Å². The molecule has 0 unspecified atom stereocenters. The summed E-state index contributed by atoms with van der Waals surface area (Å²) in [5, 5.41) is 3.17. The third-order valence-electron chi connectivity index (χ3n) is 2.30. The molecule has 0 bridgehead atoms. The molecule has 19 heavy (non-hydrogen) atoms. The fourth-order valence-corrected chi connectivity index (χ4v) is 1.37. The smallest absolute Gasteiger partial charge is 0.351 e. The summed E-state index contributed by atoms with van der Waals surface area (Å²) in [5.41, 5.74) is -0.968. The number of halogens is 6. The van der Waals surface area contributed by atoms with E-state index < -0.39 is 23.7 Å². The van der Waals surface area contributed by atoms with Gasteiger partial charge in [-0.15, -0.1) is 0 Å². The molecule has 2 rings (SSSR count). The van der Waals surface area contributed by atoms with E-state index >= 15 is 0 Å². The molecule has 0 spiro atoms. The highest BCUT2D eigenvalue weighted by molar-refractivity contribution is 5.59. The number of nitrogens with zero attached hydrogens (tertiary/aromatic N) is 1.